The molecule has 3 aliphatic rings. The van der Waals surface area contributed by atoms with Crippen LogP contribution in [0.15, 0.2) is 41.5 Å². The van der Waals surface area contributed by atoms with E-state index in [1.165, 1.54) is 17.7 Å². The zero-order chi connectivity index (χ0) is 24.6. The summed E-state index contributed by atoms with van der Waals surface area (Å²) in [6.07, 6.45) is 7.02. The fraction of sp³-hybridized carbons (Fsp3) is 0.308. The smallest absolute Gasteiger partial charge is 0.407 e. The van der Waals surface area contributed by atoms with E-state index in [-0.39, 0.29) is 5.88 Å². The van der Waals surface area contributed by atoms with Crippen molar-refractivity contribution < 1.29 is 15.0 Å². The van der Waals surface area contributed by atoms with Crippen LogP contribution in [-0.2, 0) is 0 Å². The van der Waals surface area contributed by atoms with Crippen LogP contribution in [0.25, 0.3) is 22.8 Å². The lowest BCUT2D eigenvalue weighted by Gasteiger charge is -2.34. The second-order valence-corrected chi connectivity index (χ2v) is 9.40. The molecule has 10 nitrogen and oxygen atoms in total. The van der Waals surface area contributed by atoms with Gasteiger partial charge in [0.1, 0.15) is 5.69 Å². The number of amides is 1. The number of carbonyl (C=O) groups is 1. The lowest BCUT2D eigenvalue weighted by Crippen LogP contribution is -2.48. The monoisotopic (exact) mass is 485 g/mol. The summed E-state index contributed by atoms with van der Waals surface area (Å²) in [5.41, 5.74) is 5.33. The van der Waals surface area contributed by atoms with Gasteiger partial charge in [0.2, 0.25) is 11.8 Å². The molecule has 36 heavy (non-hydrogen) atoms. The summed E-state index contributed by atoms with van der Waals surface area (Å²) in [7, 11) is 0. The Morgan fingerprint density at radius 2 is 1.92 bits per heavy atom. The number of piperazine rings is 1. The molecular formula is C26H27N7O3. The van der Waals surface area contributed by atoms with Crippen LogP contribution in [0, 0.1) is 5.92 Å². The summed E-state index contributed by atoms with van der Waals surface area (Å²) >= 11 is 0. The van der Waals surface area contributed by atoms with Gasteiger partial charge in [0.15, 0.2) is 5.82 Å². The third-order valence-corrected chi connectivity index (χ3v) is 6.89. The lowest BCUT2D eigenvalue weighted by molar-refractivity contribution is 0.142. The standard InChI is InChI=1S/C26H27N7O3/c34-24-22(30-25(31-24)29-13-16-1-2-16)12-19-15-28-23-21(19)11-18(14-27-23)17-3-5-20(6-4-17)32-7-9-33(10-8-32)26(35)36/h3-6,11-12,14-16,34H,1-2,7-10,13H2,(H,35,36)(H2,29,30,31). The van der Waals surface area contributed by atoms with Crippen molar-refractivity contribution in [2.45, 2.75) is 12.8 Å². The highest BCUT2D eigenvalue weighted by Gasteiger charge is 2.22. The summed E-state index contributed by atoms with van der Waals surface area (Å²) < 4.78 is 0. The number of hydrogen-bond donors (Lipinski definition) is 4. The molecule has 0 bridgehead atoms. The number of nitrogens with zero attached hydrogens (tertiary/aromatic N) is 5. The van der Waals surface area contributed by atoms with Crippen LogP contribution in [0.1, 0.15) is 24.1 Å². The first-order valence-electron chi connectivity index (χ1n) is 12.2. The van der Waals surface area contributed by atoms with Crippen molar-refractivity contribution in [2.24, 2.45) is 10.9 Å². The van der Waals surface area contributed by atoms with E-state index in [0.717, 1.165) is 34.5 Å². The van der Waals surface area contributed by atoms with E-state index < -0.39 is 6.09 Å². The summed E-state index contributed by atoms with van der Waals surface area (Å²) in [6, 6.07) is 10.3. The molecule has 2 fully saturated rings. The predicted molar refractivity (Wildman–Crippen MR) is 139 cm³/mol. The number of aromatic hydroxyl groups is 1. The number of carboxylic acid groups (broad SMARTS) is 1. The Kier molecular flexibility index (Phi) is 5.55. The average molecular weight is 486 g/mol. The number of aromatic nitrogens is 3. The van der Waals surface area contributed by atoms with Gasteiger partial charge in [-0.3, -0.25) is 0 Å². The molecule has 1 saturated heterocycles. The molecular weight excluding hydrogens is 458 g/mol. The maximum absolute atomic E-state index is 11.1. The Balaban J connectivity index is 1.19. The van der Waals surface area contributed by atoms with Crippen molar-refractivity contribution in [3.63, 3.8) is 0 Å². The first kappa shape index (κ1) is 22.1. The Morgan fingerprint density at radius 1 is 1.14 bits per heavy atom. The summed E-state index contributed by atoms with van der Waals surface area (Å²) in [5.74, 6) is 1.86. The molecule has 1 aliphatic carbocycles. The van der Waals surface area contributed by atoms with Crippen LogP contribution in [0.4, 0.5) is 22.2 Å². The molecule has 184 valence electrons. The van der Waals surface area contributed by atoms with Gasteiger partial charge in [-0.25, -0.2) is 14.8 Å². The first-order valence-corrected chi connectivity index (χ1v) is 12.2. The third-order valence-electron chi connectivity index (χ3n) is 6.89. The number of nitrogens with one attached hydrogen (secondary N) is 2. The largest absolute Gasteiger partial charge is 0.492 e. The molecule has 10 heteroatoms. The summed E-state index contributed by atoms with van der Waals surface area (Å²) in [5, 5.41) is 22.7. The molecule has 2 aromatic heterocycles. The fourth-order valence-corrected chi connectivity index (χ4v) is 4.55. The number of allylic oxidation sites excluding steroid dienone is 1. The van der Waals surface area contributed by atoms with Crippen LogP contribution in [0.3, 0.4) is 0 Å². The molecule has 0 unspecified atom stereocenters. The predicted octanol–water partition coefficient (Wildman–Crippen LogP) is 4.06. The van der Waals surface area contributed by atoms with Gasteiger partial charge in [-0.15, -0.1) is 0 Å². The molecule has 3 aromatic rings. The highest BCUT2D eigenvalue weighted by Crippen LogP contribution is 2.35. The number of imidazole rings is 1. The van der Waals surface area contributed by atoms with Crippen LogP contribution >= 0.6 is 0 Å². The number of rotatable bonds is 6. The van der Waals surface area contributed by atoms with Gasteiger partial charge in [-0.2, -0.15) is 4.98 Å². The van der Waals surface area contributed by atoms with Gasteiger partial charge in [0.05, 0.1) is 0 Å². The number of anilines is 2. The quantitative estimate of drug-likeness (QED) is 0.414. The van der Waals surface area contributed by atoms with Crippen LogP contribution in [0.2, 0.25) is 0 Å². The van der Waals surface area contributed by atoms with E-state index in [4.69, 9.17) is 5.11 Å². The molecule has 6 rings (SSSR count). The van der Waals surface area contributed by atoms with Gasteiger partial charge < -0.3 is 30.3 Å². The van der Waals surface area contributed by atoms with Crippen LogP contribution in [0.5, 0.6) is 5.88 Å². The number of aliphatic imine (C=N–C) groups is 1. The molecule has 4 N–H and O–H groups in total. The van der Waals surface area contributed by atoms with Gasteiger partial charge in [0, 0.05) is 67.5 Å². The van der Waals surface area contributed by atoms with Crippen LogP contribution < -0.4 is 10.2 Å². The second kappa shape index (κ2) is 9.03. The van der Waals surface area contributed by atoms with Gasteiger partial charge in [-0.05, 0) is 48.6 Å². The zero-order valence-electron chi connectivity index (χ0n) is 19.7. The second-order valence-electron chi connectivity index (χ2n) is 9.40. The molecule has 0 atom stereocenters. The maximum Gasteiger partial charge on any atom is 0.407 e. The van der Waals surface area contributed by atoms with Gasteiger partial charge in [-0.1, -0.05) is 12.1 Å². The average Bonchev–Trinajstić information content (AvgIpc) is 3.56. The van der Waals surface area contributed by atoms with Crippen molar-refractivity contribution in [1.29, 1.82) is 0 Å². The topological polar surface area (TPSA) is 130 Å². The van der Waals surface area contributed by atoms with Crippen LogP contribution in [-0.4, -0.2) is 75.1 Å². The zero-order valence-corrected chi connectivity index (χ0v) is 19.7. The molecule has 1 aromatic carbocycles. The fourth-order valence-electron chi connectivity index (χ4n) is 4.55. The molecule has 0 radical (unpaired) electrons. The Morgan fingerprint density at radius 3 is 2.64 bits per heavy atom. The minimum atomic E-state index is -0.861. The van der Waals surface area contributed by atoms with E-state index >= 15 is 0 Å². The number of H-pyrrole nitrogens is 1. The number of aromatic amines is 1. The molecule has 2 aliphatic heterocycles. The van der Waals surface area contributed by atoms with Crippen molar-refractivity contribution in [2.75, 3.05) is 42.9 Å². The normalized spacial score (nSPS) is 18.1. The molecule has 1 saturated carbocycles. The number of hydrogen-bond acceptors (Lipinski definition) is 7. The highest BCUT2D eigenvalue weighted by atomic mass is 16.4. The number of benzene rings is 1. The lowest BCUT2D eigenvalue weighted by atomic mass is 10.0. The number of fused-ring (bicyclic) bond motifs is 1. The van der Waals surface area contributed by atoms with Crippen molar-refractivity contribution in [3.05, 3.63) is 47.8 Å². The van der Waals surface area contributed by atoms with E-state index in [1.54, 1.807) is 6.21 Å². The maximum atomic E-state index is 11.1. The van der Waals surface area contributed by atoms with Crippen molar-refractivity contribution >= 4 is 41.4 Å². The highest BCUT2D eigenvalue weighted by molar-refractivity contribution is 6.21. The first-order chi connectivity index (χ1) is 17.5. The van der Waals surface area contributed by atoms with Crippen molar-refractivity contribution in [3.8, 4) is 17.0 Å². The molecule has 1 amide bonds. The van der Waals surface area contributed by atoms with E-state index in [2.05, 4.69) is 60.5 Å². The summed E-state index contributed by atoms with van der Waals surface area (Å²) in [6.45, 7) is 3.22. The van der Waals surface area contributed by atoms with E-state index in [1.807, 2.05) is 12.3 Å². The van der Waals surface area contributed by atoms with Gasteiger partial charge in [0.25, 0.3) is 0 Å². The molecule has 0 spiro atoms. The van der Waals surface area contributed by atoms with Crippen molar-refractivity contribution in [1.82, 2.24) is 19.9 Å². The third kappa shape index (κ3) is 4.49. The Labute approximate surface area is 208 Å². The van der Waals surface area contributed by atoms with E-state index in [9.17, 15) is 9.90 Å². The summed E-state index contributed by atoms with van der Waals surface area (Å²) in [4.78, 5) is 31.1. The van der Waals surface area contributed by atoms with Gasteiger partial charge >= 0.3 is 6.09 Å². The minimum Gasteiger partial charge on any atom is -0.492 e. The van der Waals surface area contributed by atoms with E-state index in [0.29, 0.717) is 49.6 Å². The molecule has 4 heterocycles. The number of pyridine rings is 1. The Hall–Kier alpha value is -4.34. The Bertz CT molecular complexity index is 1350. The SMILES string of the molecule is O=C(O)N1CCN(c2ccc(-c3cnc4c(c3)C(=Cc3[nH]c(NCC5CC5)nc3O)C=N4)cc2)CC1. The minimum absolute atomic E-state index is 0.0495.